The molecule has 0 saturated heterocycles. The second-order valence-corrected chi connectivity index (χ2v) is 4.86. The molecule has 2 aromatic carbocycles. The topological polar surface area (TPSA) is 49.4 Å². The number of nitrogens with one attached hydrogen (secondary N) is 1. The Morgan fingerprint density at radius 1 is 1.05 bits per heavy atom. The quantitative estimate of drug-likeness (QED) is 0.937. The Kier molecular flexibility index (Phi) is 4.72. The van der Waals surface area contributed by atoms with Crippen LogP contribution in [0.5, 0.6) is 0 Å². The minimum Gasteiger partial charge on any atom is -0.325 e. The van der Waals surface area contributed by atoms with E-state index in [2.05, 4.69) is 5.32 Å². The van der Waals surface area contributed by atoms with Gasteiger partial charge in [0, 0.05) is 18.3 Å². The average Bonchev–Trinajstić information content (AvgIpc) is 2.45. The summed E-state index contributed by atoms with van der Waals surface area (Å²) in [5, 5.41) is 2.78. The van der Waals surface area contributed by atoms with Crippen molar-refractivity contribution in [1.82, 2.24) is 0 Å². The first-order valence-electron chi connectivity index (χ1n) is 6.76. The fourth-order valence-corrected chi connectivity index (χ4v) is 2.05. The first kappa shape index (κ1) is 14.8. The highest BCUT2D eigenvalue weighted by atomic mass is 16.2. The van der Waals surface area contributed by atoms with Crippen molar-refractivity contribution in [1.29, 1.82) is 0 Å². The highest BCUT2D eigenvalue weighted by molar-refractivity contribution is 6.01. The van der Waals surface area contributed by atoms with Crippen LogP contribution in [0.3, 0.4) is 0 Å². The van der Waals surface area contributed by atoms with Gasteiger partial charge in [-0.25, -0.2) is 0 Å². The molecule has 0 heterocycles. The predicted molar refractivity (Wildman–Crippen MR) is 84.3 cm³/mol. The minimum absolute atomic E-state index is 0.00627. The molecule has 2 rings (SSSR count). The number of anilines is 2. The molecule has 0 fully saturated rings. The van der Waals surface area contributed by atoms with Crippen LogP contribution >= 0.6 is 0 Å². The smallest absolute Gasteiger partial charge is 0.244 e. The molecule has 0 aliphatic carbocycles. The van der Waals surface area contributed by atoms with Gasteiger partial charge in [-0.05, 0) is 36.8 Å². The average molecular weight is 282 g/mol. The number of benzene rings is 2. The van der Waals surface area contributed by atoms with Gasteiger partial charge >= 0.3 is 0 Å². The van der Waals surface area contributed by atoms with Gasteiger partial charge in [-0.2, -0.15) is 0 Å². The van der Waals surface area contributed by atoms with Crippen molar-refractivity contribution < 1.29 is 9.59 Å². The summed E-state index contributed by atoms with van der Waals surface area (Å²) >= 11 is 0. The minimum atomic E-state index is -0.224. The Morgan fingerprint density at radius 3 is 2.38 bits per heavy atom. The van der Waals surface area contributed by atoms with Gasteiger partial charge in [-0.3, -0.25) is 9.59 Å². The fourth-order valence-electron chi connectivity index (χ4n) is 2.05. The monoisotopic (exact) mass is 282 g/mol. The summed E-state index contributed by atoms with van der Waals surface area (Å²) in [7, 11) is 0. The van der Waals surface area contributed by atoms with Crippen LogP contribution in [-0.2, 0) is 9.59 Å². The van der Waals surface area contributed by atoms with E-state index in [1.165, 1.54) is 11.8 Å². The van der Waals surface area contributed by atoms with Crippen LogP contribution in [0, 0.1) is 6.92 Å². The van der Waals surface area contributed by atoms with E-state index in [1.54, 1.807) is 0 Å². The van der Waals surface area contributed by atoms with Crippen LogP contribution in [-0.4, -0.2) is 18.4 Å². The fraction of sp³-hybridized carbons (Fsp3) is 0.176. The van der Waals surface area contributed by atoms with E-state index in [0.717, 1.165) is 16.9 Å². The molecular formula is C17H18N2O2. The van der Waals surface area contributed by atoms with E-state index in [1.807, 2.05) is 61.5 Å². The van der Waals surface area contributed by atoms with E-state index >= 15 is 0 Å². The molecule has 0 aliphatic rings. The molecule has 0 aliphatic heterocycles. The highest BCUT2D eigenvalue weighted by Crippen LogP contribution is 2.16. The lowest BCUT2D eigenvalue weighted by Crippen LogP contribution is -2.36. The first-order chi connectivity index (χ1) is 10.1. The molecule has 0 radical (unpaired) electrons. The predicted octanol–water partition coefficient (Wildman–Crippen LogP) is 2.99. The van der Waals surface area contributed by atoms with Crippen molar-refractivity contribution >= 4 is 23.2 Å². The maximum atomic E-state index is 12.1. The zero-order chi connectivity index (χ0) is 15.2. The number of aryl methyl sites for hydroxylation is 1. The summed E-state index contributed by atoms with van der Waals surface area (Å²) in [5.74, 6) is -0.387. The number of rotatable bonds is 4. The van der Waals surface area contributed by atoms with Crippen LogP contribution in [0.1, 0.15) is 12.5 Å². The van der Waals surface area contributed by atoms with Gasteiger partial charge in [-0.15, -0.1) is 0 Å². The Bertz CT molecular complexity index is 638. The van der Waals surface area contributed by atoms with Crippen molar-refractivity contribution in [2.24, 2.45) is 0 Å². The second-order valence-electron chi connectivity index (χ2n) is 4.86. The van der Waals surface area contributed by atoms with Crippen molar-refractivity contribution in [2.45, 2.75) is 13.8 Å². The largest absolute Gasteiger partial charge is 0.325 e. The third-order valence-electron chi connectivity index (χ3n) is 3.05. The van der Waals surface area contributed by atoms with Crippen molar-refractivity contribution in [3.63, 3.8) is 0 Å². The van der Waals surface area contributed by atoms with Gasteiger partial charge in [0.15, 0.2) is 0 Å². The van der Waals surface area contributed by atoms with Gasteiger partial charge in [0.25, 0.3) is 0 Å². The number of nitrogens with zero attached hydrogens (tertiary/aromatic N) is 1. The zero-order valence-electron chi connectivity index (χ0n) is 12.2. The molecular weight excluding hydrogens is 264 g/mol. The van der Waals surface area contributed by atoms with Gasteiger partial charge in [0.1, 0.15) is 6.54 Å². The molecule has 2 amide bonds. The molecule has 1 N–H and O–H groups in total. The van der Waals surface area contributed by atoms with Gasteiger partial charge in [-0.1, -0.05) is 30.3 Å². The third kappa shape index (κ3) is 4.18. The molecule has 0 unspecified atom stereocenters. The summed E-state index contributed by atoms with van der Waals surface area (Å²) in [5.41, 5.74) is 2.49. The van der Waals surface area contributed by atoms with Gasteiger partial charge < -0.3 is 10.2 Å². The Morgan fingerprint density at radius 2 is 1.76 bits per heavy atom. The number of hydrogen-bond donors (Lipinski definition) is 1. The van der Waals surface area contributed by atoms with Crippen molar-refractivity contribution in [2.75, 3.05) is 16.8 Å². The summed E-state index contributed by atoms with van der Waals surface area (Å²) in [6.45, 7) is 3.40. The first-order valence-corrected chi connectivity index (χ1v) is 6.76. The number of carbonyl (C=O) groups excluding carboxylic acids is 2. The molecule has 4 nitrogen and oxygen atoms in total. The lowest BCUT2D eigenvalue weighted by molar-refractivity contribution is -0.120. The Hall–Kier alpha value is -2.62. The van der Waals surface area contributed by atoms with Crippen molar-refractivity contribution in [3.8, 4) is 0 Å². The number of carbonyl (C=O) groups is 2. The molecule has 108 valence electrons. The SMILES string of the molecule is CC(=O)N(CC(=O)Nc1ccccc1)c1cccc(C)c1. The molecule has 0 saturated carbocycles. The van der Waals surface area contributed by atoms with Crippen LogP contribution in [0.2, 0.25) is 0 Å². The third-order valence-corrected chi connectivity index (χ3v) is 3.05. The van der Waals surface area contributed by atoms with Gasteiger partial charge in [0.05, 0.1) is 0 Å². The zero-order valence-corrected chi connectivity index (χ0v) is 12.2. The summed E-state index contributed by atoms with van der Waals surface area (Å²) in [6.07, 6.45) is 0. The van der Waals surface area contributed by atoms with E-state index in [9.17, 15) is 9.59 Å². The van der Waals surface area contributed by atoms with Crippen LogP contribution in [0.15, 0.2) is 54.6 Å². The molecule has 4 heteroatoms. The van der Waals surface area contributed by atoms with Crippen LogP contribution < -0.4 is 10.2 Å². The lowest BCUT2D eigenvalue weighted by atomic mass is 10.2. The number of hydrogen-bond acceptors (Lipinski definition) is 2. The van der Waals surface area contributed by atoms with E-state index < -0.39 is 0 Å². The van der Waals surface area contributed by atoms with Gasteiger partial charge in [0.2, 0.25) is 11.8 Å². The molecule has 2 aromatic rings. The number of para-hydroxylation sites is 1. The normalized spacial score (nSPS) is 10.0. The molecule has 0 spiro atoms. The van der Waals surface area contributed by atoms with E-state index in [-0.39, 0.29) is 18.4 Å². The van der Waals surface area contributed by atoms with E-state index in [4.69, 9.17) is 0 Å². The standard InChI is InChI=1S/C17H18N2O2/c1-13-7-6-10-16(11-13)19(14(2)20)12-17(21)18-15-8-4-3-5-9-15/h3-11H,12H2,1-2H3,(H,18,21). The maximum Gasteiger partial charge on any atom is 0.244 e. The van der Waals surface area contributed by atoms with E-state index in [0.29, 0.717) is 0 Å². The van der Waals surface area contributed by atoms with Crippen LogP contribution in [0.25, 0.3) is 0 Å². The maximum absolute atomic E-state index is 12.1. The molecule has 0 bridgehead atoms. The molecule has 21 heavy (non-hydrogen) atoms. The Balaban J connectivity index is 2.10. The highest BCUT2D eigenvalue weighted by Gasteiger charge is 2.15. The summed E-state index contributed by atoms with van der Waals surface area (Å²) in [4.78, 5) is 25.3. The number of amides is 2. The van der Waals surface area contributed by atoms with Crippen molar-refractivity contribution in [3.05, 3.63) is 60.2 Å². The second kappa shape index (κ2) is 6.70. The van der Waals surface area contributed by atoms with Crippen LogP contribution in [0.4, 0.5) is 11.4 Å². The lowest BCUT2D eigenvalue weighted by Gasteiger charge is -2.21. The summed E-state index contributed by atoms with van der Waals surface area (Å²) < 4.78 is 0. The Labute approximate surface area is 124 Å². The molecule has 0 atom stereocenters. The molecule has 0 aromatic heterocycles. The summed E-state index contributed by atoms with van der Waals surface area (Å²) in [6, 6.07) is 16.7.